The van der Waals surface area contributed by atoms with Gasteiger partial charge in [0.1, 0.15) is 23.0 Å². The summed E-state index contributed by atoms with van der Waals surface area (Å²) < 4.78 is 13.1. The molecule has 2 atom stereocenters. The third-order valence-electron chi connectivity index (χ3n) is 5.46. The van der Waals surface area contributed by atoms with E-state index in [4.69, 9.17) is 21.1 Å². The summed E-state index contributed by atoms with van der Waals surface area (Å²) in [6.07, 6.45) is 1.61. The van der Waals surface area contributed by atoms with Crippen LogP contribution in [0.1, 0.15) is 39.7 Å². The SMILES string of the molecule is COc1ncnc2c3cc(Cl)ccc3n([C@@H]3CCCN(C(=O)OC(C)(C)C)C[C@H]3O)c12. The Morgan fingerprint density at radius 3 is 2.77 bits per heavy atom. The van der Waals surface area contributed by atoms with E-state index in [1.807, 2.05) is 43.5 Å². The Morgan fingerprint density at radius 1 is 1.29 bits per heavy atom. The topological polar surface area (TPSA) is 89.7 Å². The second-order valence-corrected chi connectivity index (χ2v) is 9.25. The minimum Gasteiger partial charge on any atom is -0.479 e. The Balaban J connectivity index is 1.78. The third-order valence-corrected chi connectivity index (χ3v) is 5.69. The van der Waals surface area contributed by atoms with Crippen LogP contribution in [0.5, 0.6) is 5.88 Å². The van der Waals surface area contributed by atoms with E-state index in [2.05, 4.69) is 9.97 Å². The molecule has 1 aliphatic heterocycles. The molecule has 1 saturated heterocycles. The predicted molar refractivity (Wildman–Crippen MR) is 119 cm³/mol. The van der Waals surface area contributed by atoms with Crippen molar-refractivity contribution in [1.29, 1.82) is 0 Å². The van der Waals surface area contributed by atoms with Crippen molar-refractivity contribution in [3.8, 4) is 5.88 Å². The lowest BCUT2D eigenvalue weighted by molar-refractivity contribution is 0.0141. The quantitative estimate of drug-likeness (QED) is 0.635. The molecule has 9 heteroatoms. The summed E-state index contributed by atoms with van der Waals surface area (Å²) >= 11 is 6.26. The van der Waals surface area contributed by atoms with Gasteiger partial charge in [0.15, 0.2) is 0 Å². The summed E-state index contributed by atoms with van der Waals surface area (Å²) in [6, 6.07) is 5.30. The van der Waals surface area contributed by atoms with Gasteiger partial charge in [0.25, 0.3) is 0 Å². The highest BCUT2D eigenvalue weighted by atomic mass is 35.5. The summed E-state index contributed by atoms with van der Waals surface area (Å²) in [7, 11) is 1.56. The standard InChI is InChI=1S/C22H27ClN4O4/c1-22(2,3)31-21(29)26-9-5-6-16(17(28)11-26)27-15-8-7-13(23)10-14(15)18-19(27)20(30-4)25-12-24-18/h7-8,10,12,16-17,28H,5-6,9,11H2,1-4H3/t16-,17-/m1/s1. The maximum Gasteiger partial charge on any atom is 0.410 e. The Kier molecular flexibility index (Phi) is 5.70. The van der Waals surface area contributed by atoms with Gasteiger partial charge in [-0.05, 0) is 51.8 Å². The lowest BCUT2D eigenvalue weighted by Crippen LogP contribution is -2.41. The Bertz CT molecular complexity index is 1120. The number of fused-ring (bicyclic) bond motifs is 3. The van der Waals surface area contributed by atoms with E-state index in [0.29, 0.717) is 41.3 Å². The zero-order valence-electron chi connectivity index (χ0n) is 18.1. The van der Waals surface area contributed by atoms with Gasteiger partial charge in [0.2, 0.25) is 5.88 Å². The van der Waals surface area contributed by atoms with Crippen LogP contribution in [0.15, 0.2) is 24.5 Å². The largest absolute Gasteiger partial charge is 0.479 e. The predicted octanol–water partition coefficient (Wildman–Crippen LogP) is 4.18. The number of carbonyl (C=O) groups is 1. The smallest absolute Gasteiger partial charge is 0.410 e. The van der Waals surface area contributed by atoms with Crippen LogP contribution in [0, 0.1) is 0 Å². The van der Waals surface area contributed by atoms with E-state index >= 15 is 0 Å². The van der Waals surface area contributed by atoms with Crippen molar-refractivity contribution in [1.82, 2.24) is 19.4 Å². The van der Waals surface area contributed by atoms with Crippen LogP contribution in [-0.4, -0.2) is 62.5 Å². The number of aliphatic hydroxyl groups is 1. The maximum atomic E-state index is 12.6. The molecule has 0 bridgehead atoms. The first-order valence-corrected chi connectivity index (χ1v) is 10.7. The molecule has 1 aromatic carbocycles. The van der Waals surface area contributed by atoms with Gasteiger partial charge in [-0.25, -0.2) is 9.78 Å². The van der Waals surface area contributed by atoms with Gasteiger partial charge in [0, 0.05) is 17.0 Å². The summed E-state index contributed by atoms with van der Waals surface area (Å²) in [5.41, 5.74) is 1.71. The van der Waals surface area contributed by atoms with Crippen LogP contribution in [0.4, 0.5) is 4.79 Å². The van der Waals surface area contributed by atoms with Crippen molar-refractivity contribution in [2.75, 3.05) is 20.2 Å². The van der Waals surface area contributed by atoms with Crippen LogP contribution >= 0.6 is 11.6 Å². The van der Waals surface area contributed by atoms with Gasteiger partial charge in [-0.2, -0.15) is 4.98 Å². The zero-order chi connectivity index (χ0) is 22.3. The molecule has 0 saturated carbocycles. The van der Waals surface area contributed by atoms with Gasteiger partial charge in [0.05, 0.1) is 31.3 Å². The Morgan fingerprint density at radius 2 is 2.06 bits per heavy atom. The first kappa shape index (κ1) is 21.6. The number of amides is 1. The van der Waals surface area contributed by atoms with Crippen molar-refractivity contribution >= 4 is 39.6 Å². The summed E-state index contributed by atoms with van der Waals surface area (Å²) in [6.45, 7) is 6.18. The average molecular weight is 447 g/mol. The summed E-state index contributed by atoms with van der Waals surface area (Å²) in [5.74, 6) is 0.428. The number of likely N-dealkylation sites (tertiary alicyclic amines) is 1. The van der Waals surface area contributed by atoms with Gasteiger partial charge in [-0.3, -0.25) is 0 Å². The number of halogens is 1. The minimum absolute atomic E-state index is 0.171. The van der Waals surface area contributed by atoms with Crippen molar-refractivity contribution in [2.45, 2.75) is 51.4 Å². The molecular weight excluding hydrogens is 420 g/mol. The molecule has 0 aliphatic carbocycles. The maximum absolute atomic E-state index is 12.6. The van der Waals surface area contributed by atoms with Crippen LogP contribution < -0.4 is 4.74 Å². The van der Waals surface area contributed by atoms with Crippen molar-refractivity contribution < 1.29 is 19.4 Å². The number of rotatable bonds is 2. The first-order valence-electron chi connectivity index (χ1n) is 10.3. The zero-order valence-corrected chi connectivity index (χ0v) is 18.9. The highest BCUT2D eigenvalue weighted by molar-refractivity contribution is 6.31. The molecule has 0 radical (unpaired) electrons. The molecule has 1 fully saturated rings. The summed E-state index contributed by atoms with van der Waals surface area (Å²) in [4.78, 5) is 22.9. The monoisotopic (exact) mass is 446 g/mol. The molecule has 166 valence electrons. The number of benzene rings is 1. The Labute approximate surface area is 185 Å². The molecule has 1 N–H and O–H groups in total. The molecule has 3 heterocycles. The van der Waals surface area contributed by atoms with E-state index < -0.39 is 17.8 Å². The minimum atomic E-state index is -0.811. The molecule has 31 heavy (non-hydrogen) atoms. The molecule has 2 aromatic heterocycles. The molecule has 3 aromatic rings. The fourth-order valence-corrected chi connectivity index (χ4v) is 4.39. The van der Waals surface area contributed by atoms with Crippen molar-refractivity contribution in [3.63, 3.8) is 0 Å². The number of methoxy groups -OCH3 is 1. The van der Waals surface area contributed by atoms with E-state index in [0.717, 1.165) is 10.9 Å². The second kappa shape index (κ2) is 8.16. The van der Waals surface area contributed by atoms with Gasteiger partial charge in [-0.15, -0.1) is 0 Å². The number of β-amino-alcohol motifs (C(OH)–C–C–N with tert-alkyl or cyclic N) is 1. The number of hydrogen-bond acceptors (Lipinski definition) is 6. The number of carbonyl (C=O) groups excluding carboxylic acids is 1. The van der Waals surface area contributed by atoms with E-state index in [1.165, 1.54) is 6.33 Å². The lowest BCUT2D eigenvalue weighted by Gasteiger charge is -2.29. The molecule has 1 amide bonds. The van der Waals surface area contributed by atoms with Crippen LogP contribution in [0.3, 0.4) is 0 Å². The number of aliphatic hydroxyl groups excluding tert-OH is 1. The molecule has 8 nitrogen and oxygen atoms in total. The van der Waals surface area contributed by atoms with Gasteiger partial charge in [-0.1, -0.05) is 11.6 Å². The highest BCUT2D eigenvalue weighted by Crippen LogP contribution is 2.39. The van der Waals surface area contributed by atoms with Gasteiger partial charge < -0.3 is 24.0 Å². The number of ether oxygens (including phenoxy) is 2. The first-order chi connectivity index (χ1) is 14.7. The third kappa shape index (κ3) is 4.14. The van der Waals surface area contributed by atoms with Crippen LogP contribution in [-0.2, 0) is 4.74 Å². The molecule has 4 rings (SSSR count). The summed E-state index contributed by atoms with van der Waals surface area (Å²) in [5, 5.41) is 12.7. The Hall–Kier alpha value is -2.58. The fraction of sp³-hybridized carbons (Fsp3) is 0.500. The number of nitrogens with zero attached hydrogens (tertiary/aromatic N) is 4. The number of hydrogen-bond donors (Lipinski definition) is 1. The van der Waals surface area contributed by atoms with Crippen LogP contribution in [0.25, 0.3) is 21.9 Å². The van der Waals surface area contributed by atoms with Crippen LogP contribution in [0.2, 0.25) is 5.02 Å². The van der Waals surface area contributed by atoms with E-state index in [1.54, 1.807) is 12.0 Å². The van der Waals surface area contributed by atoms with Crippen molar-refractivity contribution in [3.05, 3.63) is 29.5 Å². The molecule has 0 unspecified atom stereocenters. The van der Waals surface area contributed by atoms with Gasteiger partial charge >= 0.3 is 6.09 Å². The fourth-order valence-electron chi connectivity index (χ4n) is 4.22. The highest BCUT2D eigenvalue weighted by Gasteiger charge is 2.33. The average Bonchev–Trinajstić information content (AvgIpc) is 2.89. The molecule has 1 aliphatic rings. The second-order valence-electron chi connectivity index (χ2n) is 8.81. The molecular formula is C22H27ClN4O4. The van der Waals surface area contributed by atoms with Crippen molar-refractivity contribution in [2.24, 2.45) is 0 Å². The van der Waals surface area contributed by atoms with E-state index in [9.17, 15) is 9.90 Å². The normalized spacial score (nSPS) is 20.1. The lowest BCUT2D eigenvalue weighted by atomic mass is 10.1. The molecule has 0 spiro atoms. The van der Waals surface area contributed by atoms with E-state index in [-0.39, 0.29) is 12.6 Å². The number of aromatic nitrogens is 3.